The van der Waals surface area contributed by atoms with Crippen molar-refractivity contribution in [3.63, 3.8) is 0 Å². The number of carbonyl (C=O) groups is 2. The van der Waals surface area contributed by atoms with Crippen molar-refractivity contribution >= 4 is 12.0 Å². The van der Waals surface area contributed by atoms with Crippen LogP contribution >= 0.6 is 0 Å². The molecule has 2 atom stereocenters. The van der Waals surface area contributed by atoms with E-state index in [1.807, 2.05) is 44.2 Å². The van der Waals surface area contributed by atoms with Crippen LogP contribution in [0.1, 0.15) is 46.6 Å². The average Bonchev–Trinajstić information content (AvgIpc) is 2.45. The van der Waals surface area contributed by atoms with Gasteiger partial charge in [-0.2, -0.15) is 0 Å². The maximum atomic E-state index is 12.4. The third kappa shape index (κ3) is 7.68. The summed E-state index contributed by atoms with van der Waals surface area (Å²) in [6, 6.07) is 8.99. The van der Waals surface area contributed by atoms with Crippen LogP contribution in [-0.2, 0) is 16.0 Å². The van der Waals surface area contributed by atoms with Crippen LogP contribution in [0.25, 0.3) is 0 Å². The molecule has 128 valence electrons. The van der Waals surface area contributed by atoms with Crippen LogP contribution in [0.2, 0.25) is 0 Å². The molecule has 1 aromatic carbocycles. The van der Waals surface area contributed by atoms with Gasteiger partial charge in [-0.25, -0.2) is 4.79 Å². The number of hydrogen-bond donors (Lipinski definition) is 2. The van der Waals surface area contributed by atoms with Gasteiger partial charge >= 0.3 is 6.09 Å². The molecule has 2 amide bonds. The summed E-state index contributed by atoms with van der Waals surface area (Å²) in [6.07, 6.45) is 0.663. The lowest BCUT2D eigenvalue weighted by Gasteiger charge is -2.24. The Hall–Kier alpha value is -2.04. The van der Waals surface area contributed by atoms with E-state index in [0.29, 0.717) is 6.42 Å². The molecular formula is C18H28N2O3. The summed E-state index contributed by atoms with van der Waals surface area (Å²) >= 11 is 0. The Balaban J connectivity index is 2.79. The quantitative estimate of drug-likeness (QED) is 0.846. The van der Waals surface area contributed by atoms with Crippen LogP contribution in [0.3, 0.4) is 0 Å². The van der Waals surface area contributed by atoms with E-state index < -0.39 is 17.7 Å². The maximum absolute atomic E-state index is 12.4. The Morgan fingerprint density at radius 1 is 1.13 bits per heavy atom. The molecule has 1 rings (SSSR count). The molecular weight excluding hydrogens is 292 g/mol. The van der Waals surface area contributed by atoms with Gasteiger partial charge in [-0.3, -0.25) is 4.79 Å². The van der Waals surface area contributed by atoms with E-state index in [9.17, 15) is 9.59 Å². The van der Waals surface area contributed by atoms with Crippen LogP contribution in [0.4, 0.5) is 4.79 Å². The van der Waals surface area contributed by atoms with Gasteiger partial charge in [-0.1, -0.05) is 37.3 Å². The highest BCUT2D eigenvalue weighted by atomic mass is 16.6. The molecule has 5 heteroatoms. The summed E-state index contributed by atoms with van der Waals surface area (Å²) in [7, 11) is 0. The van der Waals surface area contributed by atoms with Gasteiger partial charge in [0.1, 0.15) is 11.6 Å². The zero-order chi connectivity index (χ0) is 17.5. The van der Waals surface area contributed by atoms with E-state index in [4.69, 9.17) is 4.74 Å². The number of nitrogens with one attached hydrogen (secondary N) is 2. The standard InChI is InChI=1S/C18H28N2O3/c1-6-13(2)19-16(21)15(12-14-10-8-7-9-11-14)20-17(22)23-18(3,4)5/h7-11,13,15H,6,12H2,1-5H3,(H,19,21)(H,20,22)/t13-,15-/m0/s1. The van der Waals surface area contributed by atoms with Gasteiger partial charge in [-0.15, -0.1) is 0 Å². The molecule has 0 aliphatic carbocycles. The number of alkyl carbamates (subject to hydrolysis) is 1. The lowest BCUT2D eigenvalue weighted by Crippen LogP contribution is -2.51. The highest BCUT2D eigenvalue weighted by Gasteiger charge is 2.25. The van der Waals surface area contributed by atoms with Crippen molar-refractivity contribution in [2.75, 3.05) is 0 Å². The number of carbonyl (C=O) groups excluding carboxylic acids is 2. The summed E-state index contributed by atoms with van der Waals surface area (Å²) in [5.41, 5.74) is 0.377. The smallest absolute Gasteiger partial charge is 0.408 e. The maximum Gasteiger partial charge on any atom is 0.408 e. The van der Waals surface area contributed by atoms with Gasteiger partial charge in [0.25, 0.3) is 0 Å². The van der Waals surface area contributed by atoms with Crippen LogP contribution in [0.5, 0.6) is 0 Å². The molecule has 0 bridgehead atoms. The molecule has 0 spiro atoms. The molecule has 0 aromatic heterocycles. The van der Waals surface area contributed by atoms with Gasteiger partial charge in [0, 0.05) is 12.5 Å². The second-order valence-electron chi connectivity index (χ2n) is 6.71. The predicted octanol–water partition coefficient (Wildman–Crippen LogP) is 3.04. The number of hydrogen-bond acceptors (Lipinski definition) is 3. The highest BCUT2D eigenvalue weighted by molar-refractivity contribution is 5.86. The molecule has 0 saturated heterocycles. The zero-order valence-electron chi connectivity index (χ0n) is 14.7. The fourth-order valence-corrected chi connectivity index (χ4v) is 1.95. The Kier molecular flexibility index (Phi) is 7.07. The third-order valence-corrected chi connectivity index (χ3v) is 3.29. The Labute approximate surface area is 138 Å². The Morgan fingerprint density at radius 3 is 2.26 bits per heavy atom. The monoisotopic (exact) mass is 320 g/mol. The second kappa shape index (κ2) is 8.56. The Morgan fingerprint density at radius 2 is 1.74 bits per heavy atom. The molecule has 23 heavy (non-hydrogen) atoms. The minimum atomic E-state index is -0.666. The zero-order valence-corrected chi connectivity index (χ0v) is 14.7. The van der Waals surface area contributed by atoms with E-state index in [1.165, 1.54) is 0 Å². The second-order valence-corrected chi connectivity index (χ2v) is 6.71. The summed E-state index contributed by atoms with van der Waals surface area (Å²) < 4.78 is 5.26. The molecule has 0 aliphatic rings. The van der Waals surface area contributed by atoms with E-state index in [-0.39, 0.29) is 11.9 Å². The third-order valence-electron chi connectivity index (χ3n) is 3.29. The topological polar surface area (TPSA) is 67.4 Å². The van der Waals surface area contributed by atoms with E-state index in [1.54, 1.807) is 20.8 Å². The molecule has 1 aromatic rings. The van der Waals surface area contributed by atoms with Gasteiger partial charge < -0.3 is 15.4 Å². The molecule has 0 saturated carbocycles. The summed E-state index contributed by atoms with van der Waals surface area (Å²) in [4.78, 5) is 24.4. The molecule has 0 aliphatic heterocycles. The first-order valence-corrected chi connectivity index (χ1v) is 8.05. The number of ether oxygens (including phenoxy) is 1. The molecule has 2 N–H and O–H groups in total. The molecule has 0 unspecified atom stereocenters. The predicted molar refractivity (Wildman–Crippen MR) is 91.2 cm³/mol. The fraction of sp³-hybridized carbons (Fsp3) is 0.556. The van der Waals surface area contributed by atoms with Crippen LogP contribution in [-0.4, -0.2) is 29.7 Å². The number of rotatable bonds is 6. The van der Waals surface area contributed by atoms with Crippen molar-refractivity contribution in [1.82, 2.24) is 10.6 Å². The van der Waals surface area contributed by atoms with E-state index >= 15 is 0 Å². The first-order chi connectivity index (χ1) is 10.7. The van der Waals surface area contributed by atoms with E-state index in [0.717, 1.165) is 12.0 Å². The molecule has 0 radical (unpaired) electrons. The van der Waals surface area contributed by atoms with Crippen molar-refractivity contribution in [2.24, 2.45) is 0 Å². The number of amides is 2. The van der Waals surface area contributed by atoms with Crippen molar-refractivity contribution in [3.05, 3.63) is 35.9 Å². The average molecular weight is 320 g/mol. The molecule has 5 nitrogen and oxygen atoms in total. The van der Waals surface area contributed by atoms with Crippen LogP contribution < -0.4 is 10.6 Å². The summed E-state index contributed by atoms with van der Waals surface area (Å²) in [6.45, 7) is 9.30. The minimum absolute atomic E-state index is 0.0567. The normalized spacial score (nSPS) is 13.8. The molecule has 0 fully saturated rings. The minimum Gasteiger partial charge on any atom is -0.444 e. The van der Waals surface area contributed by atoms with Crippen molar-refractivity contribution in [1.29, 1.82) is 0 Å². The summed E-state index contributed by atoms with van der Waals surface area (Å²) in [5.74, 6) is -0.200. The van der Waals surface area contributed by atoms with Gasteiger partial charge in [0.2, 0.25) is 5.91 Å². The first kappa shape index (κ1) is 19.0. The SMILES string of the molecule is CC[C@H](C)NC(=O)[C@H](Cc1ccccc1)NC(=O)OC(C)(C)C. The van der Waals surface area contributed by atoms with Gasteiger partial charge in [-0.05, 0) is 39.7 Å². The van der Waals surface area contributed by atoms with Crippen molar-refractivity contribution in [3.8, 4) is 0 Å². The fourth-order valence-electron chi connectivity index (χ4n) is 1.95. The number of benzene rings is 1. The highest BCUT2D eigenvalue weighted by Crippen LogP contribution is 2.09. The Bertz CT molecular complexity index is 509. The first-order valence-electron chi connectivity index (χ1n) is 8.05. The van der Waals surface area contributed by atoms with Gasteiger partial charge in [0.05, 0.1) is 0 Å². The van der Waals surface area contributed by atoms with Crippen LogP contribution in [0, 0.1) is 0 Å². The van der Waals surface area contributed by atoms with Crippen LogP contribution in [0.15, 0.2) is 30.3 Å². The van der Waals surface area contributed by atoms with E-state index in [2.05, 4.69) is 10.6 Å². The lowest BCUT2D eigenvalue weighted by molar-refractivity contribution is -0.123. The summed E-state index contributed by atoms with van der Waals surface area (Å²) in [5, 5.41) is 5.59. The lowest BCUT2D eigenvalue weighted by atomic mass is 10.0. The molecule has 0 heterocycles. The van der Waals surface area contributed by atoms with Gasteiger partial charge in [0.15, 0.2) is 0 Å². The largest absolute Gasteiger partial charge is 0.444 e. The van der Waals surface area contributed by atoms with Crippen molar-refractivity contribution in [2.45, 2.75) is 65.1 Å². The van der Waals surface area contributed by atoms with Crippen molar-refractivity contribution < 1.29 is 14.3 Å².